The second-order valence-electron chi connectivity index (χ2n) is 7.19. The number of benzene rings is 4. The minimum absolute atomic E-state index is 0.152. The first-order valence-electron chi connectivity index (χ1n) is 10.3. The van der Waals surface area contributed by atoms with E-state index in [9.17, 15) is 9.59 Å². The van der Waals surface area contributed by atoms with E-state index in [2.05, 4.69) is 10.6 Å². The number of hydrogen-bond acceptors (Lipinski definition) is 2. The molecular formula is C28H22N2O2. The minimum atomic E-state index is -0.401. The zero-order chi connectivity index (χ0) is 22.2. The first-order valence-corrected chi connectivity index (χ1v) is 10.3. The third kappa shape index (κ3) is 5.37. The number of amides is 2. The van der Waals surface area contributed by atoms with E-state index in [1.807, 2.05) is 84.9 Å². The van der Waals surface area contributed by atoms with Gasteiger partial charge in [0.2, 0.25) is 0 Å². The summed E-state index contributed by atoms with van der Waals surface area (Å²) in [7, 11) is 0. The van der Waals surface area contributed by atoms with Crippen molar-refractivity contribution < 1.29 is 9.59 Å². The molecule has 4 heteroatoms. The van der Waals surface area contributed by atoms with Crippen LogP contribution >= 0.6 is 0 Å². The lowest BCUT2D eigenvalue weighted by Gasteiger charge is -2.11. The van der Waals surface area contributed by atoms with Crippen molar-refractivity contribution in [3.05, 3.63) is 132 Å². The lowest BCUT2D eigenvalue weighted by atomic mass is 10.1. The van der Waals surface area contributed by atoms with E-state index in [4.69, 9.17) is 0 Å². The molecule has 32 heavy (non-hydrogen) atoms. The molecule has 4 nitrogen and oxygen atoms in total. The summed E-state index contributed by atoms with van der Waals surface area (Å²) in [5, 5.41) is 7.73. The van der Waals surface area contributed by atoms with Crippen molar-refractivity contribution in [3.63, 3.8) is 0 Å². The number of fused-ring (bicyclic) bond motifs is 1. The maximum Gasteiger partial charge on any atom is 0.272 e. The van der Waals surface area contributed by atoms with Crippen LogP contribution in [0.5, 0.6) is 0 Å². The zero-order valence-corrected chi connectivity index (χ0v) is 17.4. The highest BCUT2D eigenvalue weighted by atomic mass is 16.2. The number of anilines is 1. The molecule has 0 atom stereocenters. The Balaban J connectivity index is 1.57. The third-order valence-electron chi connectivity index (χ3n) is 4.89. The second kappa shape index (κ2) is 10.0. The molecule has 0 saturated carbocycles. The molecule has 4 aromatic carbocycles. The number of hydrogen-bond donors (Lipinski definition) is 2. The van der Waals surface area contributed by atoms with Crippen LogP contribution in [0.25, 0.3) is 16.8 Å². The summed E-state index contributed by atoms with van der Waals surface area (Å²) < 4.78 is 0. The van der Waals surface area contributed by atoms with Gasteiger partial charge in [0.05, 0.1) is 0 Å². The number of carbonyl (C=O) groups excluding carboxylic acids is 2. The number of nitrogens with one attached hydrogen (secondary N) is 2. The predicted molar refractivity (Wildman–Crippen MR) is 130 cm³/mol. The van der Waals surface area contributed by atoms with Gasteiger partial charge in [-0.15, -0.1) is 0 Å². The van der Waals surface area contributed by atoms with Gasteiger partial charge in [-0.05, 0) is 46.7 Å². The SMILES string of the molecule is O=C(Nc1ccc2ccccc2c1)C(=CC=Cc1ccccc1)NC(=O)c1ccccc1. The van der Waals surface area contributed by atoms with Gasteiger partial charge < -0.3 is 10.6 Å². The van der Waals surface area contributed by atoms with Crippen molar-refractivity contribution in [3.8, 4) is 0 Å². The van der Waals surface area contributed by atoms with Crippen molar-refractivity contribution in [2.75, 3.05) is 5.32 Å². The lowest BCUT2D eigenvalue weighted by Crippen LogP contribution is -2.30. The topological polar surface area (TPSA) is 58.2 Å². The summed E-state index contributed by atoms with van der Waals surface area (Å²) in [4.78, 5) is 25.7. The standard InChI is InChI=1S/C28H22N2O2/c31-27(23-14-5-2-6-15-23)30-26(17-9-12-21-10-3-1-4-11-21)28(32)29-25-19-18-22-13-7-8-16-24(22)20-25/h1-20H,(H,29,32)(H,30,31). The first-order chi connectivity index (χ1) is 15.7. The van der Waals surface area contributed by atoms with E-state index in [1.165, 1.54) is 0 Å². The second-order valence-corrected chi connectivity index (χ2v) is 7.19. The predicted octanol–water partition coefficient (Wildman–Crippen LogP) is 5.81. The normalized spacial score (nSPS) is 11.4. The van der Waals surface area contributed by atoms with Crippen LogP contribution in [-0.2, 0) is 4.79 Å². The van der Waals surface area contributed by atoms with E-state index in [0.717, 1.165) is 16.3 Å². The monoisotopic (exact) mass is 418 g/mol. The molecule has 4 rings (SSSR count). The van der Waals surface area contributed by atoms with Crippen LogP contribution in [-0.4, -0.2) is 11.8 Å². The Morgan fingerprint density at radius 1 is 0.688 bits per heavy atom. The lowest BCUT2D eigenvalue weighted by molar-refractivity contribution is -0.113. The Kier molecular flexibility index (Phi) is 6.54. The van der Waals surface area contributed by atoms with Crippen molar-refractivity contribution in [1.29, 1.82) is 0 Å². The van der Waals surface area contributed by atoms with E-state index >= 15 is 0 Å². The Morgan fingerprint density at radius 2 is 1.34 bits per heavy atom. The Bertz CT molecular complexity index is 1290. The first kappa shape index (κ1) is 20.8. The van der Waals surface area contributed by atoms with E-state index in [-0.39, 0.29) is 11.6 Å². The average Bonchev–Trinajstić information content (AvgIpc) is 2.84. The highest BCUT2D eigenvalue weighted by molar-refractivity contribution is 6.09. The van der Waals surface area contributed by atoms with Crippen molar-refractivity contribution in [2.45, 2.75) is 0 Å². The summed E-state index contributed by atoms with van der Waals surface area (Å²) >= 11 is 0. The fourth-order valence-corrected chi connectivity index (χ4v) is 3.24. The highest BCUT2D eigenvalue weighted by Gasteiger charge is 2.14. The van der Waals surface area contributed by atoms with Crippen LogP contribution in [0.2, 0.25) is 0 Å². The molecule has 0 unspecified atom stereocenters. The number of rotatable bonds is 6. The van der Waals surface area contributed by atoms with Gasteiger partial charge in [0.1, 0.15) is 5.70 Å². The maximum absolute atomic E-state index is 13.0. The van der Waals surface area contributed by atoms with E-state index < -0.39 is 5.91 Å². The molecule has 0 bridgehead atoms. The van der Waals surface area contributed by atoms with E-state index in [0.29, 0.717) is 11.3 Å². The van der Waals surface area contributed by atoms with Crippen LogP contribution in [0.15, 0.2) is 121 Å². The van der Waals surface area contributed by atoms with Crippen LogP contribution < -0.4 is 10.6 Å². The molecule has 156 valence electrons. The molecule has 0 saturated heterocycles. The van der Waals surface area contributed by atoms with Gasteiger partial charge in [0.15, 0.2) is 0 Å². The Hall–Kier alpha value is -4.44. The van der Waals surface area contributed by atoms with Gasteiger partial charge in [0.25, 0.3) is 11.8 Å². The molecule has 2 amide bonds. The Morgan fingerprint density at radius 3 is 2.09 bits per heavy atom. The van der Waals surface area contributed by atoms with Gasteiger partial charge in [-0.1, -0.05) is 91.0 Å². The van der Waals surface area contributed by atoms with Crippen LogP contribution in [0.1, 0.15) is 15.9 Å². The highest BCUT2D eigenvalue weighted by Crippen LogP contribution is 2.19. The van der Waals surface area contributed by atoms with Gasteiger partial charge in [-0.3, -0.25) is 9.59 Å². The molecule has 0 aliphatic rings. The summed E-state index contributed by atoms with van der Waals surface area (Å²) in [6.45, 7) is 0. The number of carbonyl (C=O) groups is 2. The summed E-state index contributed by atoms with van der Waals surface area (Å²) in [5.74, 6) is -0.749. The van der Waals surface area contributed by atoms with Gasteiger partial charge in [0, 0.05) is 11.3 Å². The smallest absolute Gasteiger partial charge is 0.272 e. The van der Waals surface area contributed by atoms with Crippen LogP contribution in [0.3, 0.4) is 0 Å². The molecule has 2 N–H and O–H groups in total. The number of allylic oxidation sites excluding steroid dienone is 2. The molecule has 0 fully saturated rings. The molecule has 0 radical (unpaired) electrons. The minimum Gasteiger partial charge on any atom is -0.321 e. The molecule has 0 aliphatic heterocycles. The van der Waals surface area contributed by atoms with Crippen molar-refractivity contribution >= 4 is 34.4 Å². The molecule has 0 aliphatic carbocycles. The fraction of sp³-hybridized carbons (Fsp3) is 0. The average molecular weight is 418 g/mol. The van der Waals surface area contributed by atoms with E-state index in [1.54, 1.807) is 36.4 Å². The van der Waals surface area contributed by atoms with Crippen molar-refractivity contribution in [1.82, 2.24) is 5.32 Å². The molecule has 4 aromatic rings. The molecule has 0 spiro atoms. The molecule has 0 heterocycles. The van der Waals surface area contributed by atoms with Crippen molar-refractivity contribution in [2.24, 2.45) is 0 Å². The maximum atomic E-state index is 13.0. The zero-order valence-electron chi connectivity index (χ0n) is 17.4. The molecule has 0 aromatic heterocycles. The van der Waals surface area contributed by atoms with Gasteiger partial charge >= 0.3 is 0 Å². The van der Waals surface area contributed by atoms with Gasteiger partial charge in [-0.25, -0.2) is 0 Å². The summed E-state index contributed by atoms with van der Waals surface area (Å²) in [6.07, 6.45) is 5.22. The third-order valence-corrected chi connectivity index (χ3v) is 4.89. The Labute approximate surface area is 186 Å². The fourth-order valence-electron chi connectivity index (χ4n) is 3.24. The summed E-state index contributed by atoms with van der Waals surface area (Å²) in [5.41, 5.74) is 2.27. The largest absolute Gasteiger partial charge is 0.321 e. The summed E-state index contributed by atoms with van der Waals surface area (Å²) in [6, 6.07) is 32.2. The quantitative estimate of drug-likeness (QED) is 0.307. The molecular weight excluding hydrogens is 396 g/mol. The van der Waals surface area contributed by atoms with Crippen LogP contribution in [0, 0.1) is 0 Å². The van der Waals surface area contributed by atoms with Gasteiger partial charge in [-0.2, -0.15) is 0 Å². The van der Waals surface area contributed by atoms with Crippen LogP contribution in [0.4, 0.5) is 5.69 Å².